The van der Waals surface area contributed by atoms with Crippen molar-refractivity contribution in [2.45, 2.75) is 6.54 Å². The van der Waals surface area contributed by atoms with Gasteiger partial charge in [0.2, 0.25) is 5.36 Å². The lowest BCUT2D eigenvalue weighted by molar-refractivity contribution is -0.465. The third-order valence-corrected chi connectivity index (χ3v) is 12.8. The minimum Gasteiger partial charge on any atom is -0.508 e. The second-order valence-corrected chi connectivity index (χ2v) is 17.4. The van der Waals surface area contributed by atoms with Crippen LogP contribution >= 0.6 is 0 Å². The average molecular weight is 974 g/mol. The molecule has 0 spiro atoms. The van der Waals surface area contributed by atoms with Gasteiger partial charge in [0.15, 0.2) is 5.43 Å². The number of aromatic hydroxyl groups is 1. The van der Waals surface area contributed by atoms with Crippen molar-refractivity contribution in [3.8, 4) is 50.7 Å². The summed E-state index contributed by atoms with van der Waals surface area (Å²) in [4.78, 5) is 83.7. The van der Waals surface area contributed by atoms with Crippen LogP contribution in [0.4, 0.5) is 11.4 Å². The summed E-state index contributed by atoms with van der Waals surface area (Å²) in [5, 5.41) is 49.5. The van der Waals surface area contributed by atoms with Gasteiger partial charge in [-0.1, -0.05) is 30.3 Å². The van der Waals surface area contributed by atoms with Crippen LogP contribution in [0.5, 0.6) is 5.75 Å². The van der Waals surface area contributed by atoms with Crippen LogP contribution in [-0.4, -0.2) is 71.3 Å². The SMILES string of the molecule is C[NH+]=c1ccc2c(-c3ccc(C(=O)Nc4cccc5cc(C(=O)NCc6c7oc8cc(O)ccc8c(-c8ccc(C(=O)O)cc8C(=O)O)c-7ccc6=O)ccc45)cc3C(=O)O)c3ccc(N(C)C)cc3oc-2c1. The second kappa shape index (κ2) is 18.3. The molecule has 2 aliphatic heterocycles. The quantitative estimate of drug-likeness (QED) is 0.0610. The molecule has 4 aliphatic rings. The van der Waals surface area contributed by atoms with E-state index >= 15 is 0 Å². The third kappa shape index (κ3) is 8.48. The van der Waals surface area contributed by atoms with E-state index in [0.29, 0.717) is 66.4 Å². The molecule has 10 rings (SSSR count). The number of aromatic carboxylic acids is 3. The number of benzene rings is 8. The van der Waals surface area contributed by atoms with Crippen LogP contribution in [0, 0.1) is 0 Å². The van der Waals surface area contributed by atoms with E-state index in [-0.39, 0.29) is 62.6 Å². The van der Waals surface area contributed by atoms with Gasteiger partial charge in [0.25, 0.3) is 11.8 Å². The van der Waals surface area contributed by atoms with Gasteiger partial charge in [0, 0.05) is 93.2 Å². The highest BCUT2D eigenvalue weighted by Gasteiger charge is 2.27. The van der Waals surface area contributed by atoms with Crippen molar-refractivity contribution in [2.24, 2.45) is 0 Å². The van der Waals surface area contributed by atoms with Crippen molar-refractivity contribution in [3.05, 3.63) is 188 Å². The Morgan fingerprint density at radius 3 is 1.90 bits per heavy atom. The summed E-state index contributed by atoms with van der Waals surface area (Å²) in [6.07, 6.45) is 0. The summed E-state index contributed by atoms with van der Waals surface area (Å²) in [6, 6.07) is 36.3. The Kier molecular flexibility index (Phi) is 11.7. The lowest BCUT2D eigenvalue weighted by Crippen LogP contribution is -2.71. The van der Waals surface area contributed by atoms with Crippen molar-refractivity contribution in [3.63, 3.8) is 0 Å². The third-order valence-electron chi connectivity index (χ3n) is 12.8. The van der Waals surface area contributed by atoms with Gasteiger partial charge in [-0.25, -0.2) is 19.4 Å². The molecule has 0 saturated heterocycles. The average Bonchev–Trinajstić information content (AvgIpc) is 3.38. The zero-order valence-electron chi connectivity index (χ0n) is 39.0. The number of carboxylic acids is 3. The number of amides is 2. The van der Waals surface area contributed by atoms with Crippen LogP contribution in [0.1, 0.15) is 57.4 Å². The molecular formula is C57H41N4O12+. The molecule has 73 heavy (non-hydrogen) atoms. The largest absolute Gasteiger partial charge is 0.508 e. The molecule has 0 saturated carbocycles. The first-order valence-corrected chi connectivity index (χ1v) is 22.6. The number of hydrogen-bond acceptors (Lipinski definition) is 10. The van der Waals surface area contributed by atoms with Crippen molar-refractivity contribution in [1.82, 2.24) is 5.32 Å². The van der Waals surface area contributed by atoms with E-state index in [1.807, 2.05) is 55.4 Å². The highest BCUT2D eigenvalue weighted by molar-refractivity contribution is 6.14. The summed E-state index contributed by atoms with van der Waals surface area (Å²) in [6.45, 7) is -0.335. The van der Waals surface area contributed by atoms with Gasteiger partial charge in [-0.2, -0.15) is 0 Å². The number of nitrogens with one attached hydrogen (secondary N) is 3. The predicted molar refractivity (Wildman–Crippen MR) is 273 cm³/mol. The summed E-state index contributed by atoms with van der Waals surface area (Å²) in [7, 11) is 5.61. The number of phenols is 1. The maximum Gasteiger partial charge on any atom is 0.336 e. The van der Waals surface area contributed by atoms with Crippen LogP contribution in [-0.2, 0) is 6.54 Å². The first-order chi connectivity index (χ1) is 35.1. The summed E-state index contributed by atoms with van der Waals surface area (Å²) in [5.74, 6) is -4.75. The Morgan fingerprint density at radius 2 is 1.21 bits per heavy atom. The van der Waals surface area contributed by atoms with E-state index in [1.54, 1.807) is 55.6 Å². The Bertz CT molecular complexity index is 4080. The maximum atomic E-state index is 14.0. The first kappa shape index (κ1) is 46.6. The monoisotopic (exact) mass is 973 g/mol. The van der Waals surface area contributed by atoms with Crippen molar-refractivity contribution < 1.29 is 58.2 Å². The van der Waals surface area contributed by atoms with E-state index in [4.69, 9.17) is 8.83 Å². The second-order valence-electron chi connectivity index (χ2n) is 17.4. The molecule has 2 aliphatic carbocycles. The number of nitrogens with zero attached hydrogens (tertiary/aromatic N) is 1. The fraction of sp³-hybridized carbons (Fsp3) is 0.0702. The molecule has 0 unspecified atom stereocenters. The van der Waals surface area contributed by atoms with E-state index in [2.05, 4.69) is 15.6 Å². The standard InChI is InChI=1S/C57H40N4O12/c1-58-32-10-16-38-47(24-32)72-48-25-33(61(2)3)11-17-39(48)50(38)36-14-8-30(22-42(36)56(68)69)54(65)60-45-6-4-5-28-21-29(7-13-35(28)45)53(64)59-27-44-46(63)20-19-41-51(40-18-12-34(62)26-49(40)73-52(41)44)37-15-9-31(55(66)67)23-43(37)57(70)71/h4-26,62H,27H2,1-3H3,(H,59,64)(H,60,65)(H,66,67)(H,68,69)(H,70,71)/p+1. The molecule has 6 aromatic carbocycles. The topological polar surface area (TPSA) is 251 Å². The minimum atomic E-state index is -1.40. The molecule has 0 atom stereocenters. The molecule has 0 aromatic heterocycles. The Hall–Kier alpha value is -10.1. The number of carbonyl (C=O) groups is 5. The van der Waals surface area contributed by atoms with E-state index in [9.17, 15) is 49.2 Å². The van der Waals surface area contributed by atoms with Gasteiger partial charge in [-0.15, -0.1) is 0 Å². The Morgan fingerprint density at radius 1 is 0.589 bits per heavy atom. The van der Waals surface area contributed by atoms with E-state index in [1.165, 1.54) is 48.5 Å². The maximum absolute atomic E-state index is 14.0. The van der Waals surface area contributed by atoms with Gasteiger partial charge in [-0.05, 0) is 101 Å². The molecule has 7 N–H and O–H groups in total. The lowest BCUT2D eigenvalue weighted by Gasteiger charge is -2.19. The summed E-state index contributed by atoms with van der Waals surface area (Å²) in [5.41, 5.74) is 3.44. The smallest absolute Gasteiger partial charge is 0.336 e. The normalized spacial score (nSPS) is 11.6. The number of rotatable bonds is 11. The van der Waals surface area contributed by atoms with Gasteiger partial charge in [-0.3, -0.25) is 14.4 Å². The van der Waals surface area contributed by atoms with Gasteiger partial charge >= 0.3 is 17.9 Å². The highest BCUT2D eigenvalue weighted by Crippen LogP contribution is 2.45. The molecule has 0 radical (unpaired) electrons. The summed E-state index contributed by atoms with van der Waals surface area (Å²) < 4.78 is 12.6. The molecule has 360 valence electrons. The Balaban J connectivity index is 0.937. The van der Waals surface area contributed by atoms with Gasteiger partial charge in [0.05, 0.1) is 34.9 Å². The van der Waals surface area contributed by atoms with Crippen molar-refractivity contribution in [1.29, 1.82) is 0 Å². The molecule has 16 heteroatoms. The number of hydrogen-bond donors (Lipinski definition) is 7. The zero-order valence-corrected chi connectivity index (χ0v) is 39.0. The number of anilines is 2. The number of carbonyl (C=O) groups excluding carboxylic acids is 2. The highest BCUT2D eigenvalue weighted by atomic mass is 16.4. The van der Waals surface area contributed by atoms with Crippen LogP contribution in [0.15, 0.2) is 153 Å². The molecular weight excluding hydrogens is 933 g/mol. The van der Waals surface area contributed by atoms with Gasteiger partial charge in [0.1, 0.15) is 35.5 Å². The minimum absolute atomic E-state index is 0.00329. The van der Waals surface area contributed by atoms with Crippen LogP contribution in [0.25, 0.3) is 77.6 Å². The Labute approximate surface area is 413 Å². The van der Waals surface area contributed by atoms with Gasteiger partial charge < -0.3 is 44.8 Å². The number of carboxylic acid groups (broad SMARTS) is 3. The molecule has 0 fully saturated rings. The summed E-state index contributed by atoms with van der Waals surface area (Å²) >= 11 is 0. The zero-order chi connectivity index (χ0) is 51.4. The van der Waals surface area contributed by atoms with E-state index < -0.39 is 35.2 Å². The molecule has 16 nitrogen and oxygen atoms in total. The lowest BCUT2D eigenvalue weighted by atomic mass is 9.88. The first-order valence-electron chi connectivity index (χ1n) is 22.6. The number of phenolic OH excluding ortho intramolecular Hbond substituents is 1. The number of fused-ring (bicyclic) bond motifs is 5. The van der Waals surface area contributed by atoms with Crippen molar-refractivity contribution in [2.75, 3.05) is 31.4 Å². The molecule has 2 heterocycles. The van der Waals surface area contributed by atoms with E-state index in [0.717, 1.165) is 17.1 Å². The fourth-order valence-electron chi connectivity index (χ4n) is 9.19. The fourth-order valence-corrected chi connectivity index (χ4v) is 9.19. The molecule has 0 bridgehead atoms. The van der Waals surface area contributed by atoms with Crippen LogP contribution in [0.3, 0.4) is 0 Å². The predicted octanol–water partition coefficient (Wildman–Crippen LogP) is 7.90. The van der Waals surface area contributed by atoms with Crippen LogP contribution < -0.4 is 31.3 Å². The molecule has 6 aromatic rings. The molecule has 2 amide bonds. The van der Waals surface area contributed by atoms with Crippen LogP contribution in [0.2, 0.25) is 0 Å². The van der Waals surface area contributed by atoms with Crippen molar-refractivity contribution >= 4 is 73.8 Å².